The van der Waals surface area contributed by atoms with E-state index in [1.165, 1.54) is 53.4 Å². The van der Waals surface area contributed by atoms with Gasteiger partial charge in [0.05, 0.1) is 10.6 Å². The number of nitrogens with zero attached hydrogens (tertiary/aromatic N) is 2. The van der Waals surface area contributed by atoms with Crippen molar-refractivity contribution in [3.05, 3.63) is 130 Å². The smallest absolute Gasteiger partial charge is 0.264 e. The fraction of sp³-hybridized carbons (Fsp3) is 0.188. The molecule has 4 rings (SSSR count). The lowest BCUT2D eigenvalue weighted by atomic mass is 10.0. The van der Waals surface area contributed by atoms with Crippen LogP contribution >= 0.6 is 23.2 Å². The Hall–Kier alpha value is -3.92. The number of para-hydroxylation sites is 1. The number of amides is 2. The van der Waals surface area contributed by atoms with Gasteiger partial charge in [0.1, 0.15) is 18.4 Å². The van der Waals surface area contributed by atoms with Crippen molar-refractivity contribution in [3.63, 3.8) is 0 Å². The minimum absolute atomic E-state index is 0.122. The van der Waals surface area contributed by atoms with E-state index in [0.29, 0.717) is 17.1 Å². The van der Waals surface area contributed by atoms with Crippen molar-refractivity contribution in [3.8, 4) is 0 Å². The number of nitrogens with one attached hydrogen (secondary N) is 1. The molecule has 1 atom stereocenters. The third-order valence-electron chi connectivity index (χ3n) is 6.71. The van der Waals surface area contributed by atoms with Crippen molar-refractivity contribution in [1.82, 2.24) is 10.2 Å². The van der Waals surface area contributed by atoms with Crippen LogP contribution in [0.1, 0.15) is 18.1 Å². The predicted octanol–water partition coefficient (Wildman–Crippen LogP) is 6.10. The summed E-state index contributed by atoms with van der Waals surface area (Å²) in [4.78, 5) is 28.9. The van der Waals surface area contributed by atoms with Crippen LogP contribution in [-0.4, -0.2) is 44.3 Å². The molecule has 0 heterocycles. The van der Waals surface area contributed by atoms with Gasteiger partial charge in [-0.25, -0.2) is 12.8 Å². The van der Waals surface area contributed by atoms with Crippen LogP contribution < -0.4 is 9.62 Å². The molecule has 0 aliphatic rings. The molecular weight excluding hydrogens is 612 g/mol. The third kappa shape index (κ3) is 7.93. The van der Waals surface area contributed by atoms with Gasteiger partial charge >= 0.3 is 0 Å². The zero-order valence-corrected chi connectivity index (χ0v) is 25.6. The van der Waals surface area contributed by atoms with E-state index in [4.69, 9.17) is 23.2 Å². The molecule has 0 bridgehead atoms. The number of hydrogen-bond donors (Lipinski definition) is 1. The fourth-order valence-electron chi connectivity index (χ4n) is 4.57. The molecule has 224 valence electrons. The van der Waals surface area contributed by atoms with Crippen LogP contribution in [-0.2, 0) is 32.6 Å². The van der Waals surface area contributed by atoms with Gasteiger partial charge in [-0.15, -0.1) is 0 Å². The fourth-order valence-corrected chi connectivity index (χ4v) is 6.48. The number of likely N-dealkylation sites (N-methyl/N-ethyl adjacent to an activating group) is 1. The van der Waals surface area contributed by atoms with Gasteiger partial charge in [-0.05, 0) is 54.4 Å². The van der Waals surface area contributed by atoms with E-state index in [2.05, 4.69) is 5.32 Å². The topological polar surface area (TPSA) is 86.8 Å². The maximum absolute atomic E-state index is 15.1. The molecule has 0 radical (unpaired) electrons. The highest BCUT2D eigenvalue weighted by Crippen LogP contribution is 2.28. The number of sulfonamides is 1. The highest BCUT2D eigenvalue weighted by atomic mass is 35.5. The van der Waals surface area contributed by atoms with Gasteiger partial charge in [-0.3, -0.25) is 13.9 Å². The SMILES string of the molecule is CCNC(=O)C(Cc1ccccc1)N(Cc1ccc(Cl)cc1Cl)C(=O)CN(c1ccccc1F)S(=O)(=O)c1ccccc1. The minimum Gasteiger partial charge on any atom is -0.355 e. The van der Waals surface area contributed by atoms with Gasteiger partial charge in [-0.1, -0.05) is 89.9 Å². The molecule has 7 nitrogen and oxygen atoms in total. The van der Waals surface area contributed by atoms with Crippen molar-refractivity contribution in [1.29, 1.82) is 0 Å². The number of carbonyl (C=O) groups is 2. The third-order valence-corrected chi connectivity index (χ3v) is 9.07. The van der Waals surface area contributed by atoms with Crippen molar-refractivity contribution in [2.24, 2.45) is 0 Å². The lowest BCUT2D eigenvalue weighted by Gasteiger charge is -2.34. The second-order valence-electron chi connectivity index (χ2n) is 9.63. The molecular formula is C32H30Cl2FN3O4S. The van der Waals surface area contributed by atoms with E-state index in [1.54, 1.807) is 25.1 Å². The first-order valence-electron chi connectivity index (χ1n) is 13.5. The van der Waals surface area contributed by atoms with Crippen LogP contribution in [0.3, 0.4) is 0 Å². The Morgan fingerprint density at radius 2 is 1.51 bits per heavy atom. The molecule has 2 amide bonds. The quantitative estimate of drug-likeness (QED) is 0.202. The van der Waals surface area contributed by atoms with Gasteiger partial charge in [0, 0.05) is 29.6 Å². The van der Waals surface area contributed by atoms with Gasteiger partial charge < -0.3 is 10.2 Å². The van der Waals surface area contributed by atoms with Crippen molar-refractivity contribution in [2.75, 3.05) is 17.4 Å². The van der Waals surface area contributed by atoms with Gasteiger partial charge in [0.15, 0.2) is 0 Å². The molecule has 1 unspecified atom stereocenters. The standard InChI is InChI=1S/C32H30Cl2FN3O4S/c1-2-36-32(40)30(19-23-11-5-3-6-12-23)37(21-24-17-18-25(33)20-27(24)34)31(39)22-38(29-16-10-9-15-28(29)35)43(41,42)26-13-7-4-8-14-26/h3-18,20,30H,2,19,21-22H2,1H3,(H,36,40). The highest BCUT2D eigenvalue weighted by molar-refractivity contribution is 7.92. The highest BCUT2D eigenvalue weighted by Gasteiger charge is 2.35. The summed E-state index contributed by atoms with van der Waals surface area (Å²) in [5, 5.41) is 3.43. The molecule has 1 N–H and O–H groups in total. The van der Waals surface area contributed by atoms with E-state index in [0.717, 1.165) is 15.9 Å². The molecule has 11 heteroatoms. The zero-order valence-electron chi connectivity index (χ0n) is 23.3. The molecule has 0 spiro atoms. The number of anilines is 1. The Kier molecular flexibility index (Phi) is 10.8. The van der Waals surface area contributed by atoms with E-state index >= 15 is 4.39 Å². The van der Waals surface area contributed by atoms with Crippen LogP contribution in [0, 0.1) is 5.82 Å². The summed E-state index contributed by atoms with van der Waals surface area (Å²) in [5.41, 5.74) is 0.966. The zero-order chi connectivity index (χ0) is 31.0. The molecule has 0 saturated heterocycles. The average molecular weight is 643 g/mol. The van der Waals surface area contributed by atoms with Gasteiger partial charge in [0.2, 0.25) is 11.8 Å². The van der Waals surface area contributed by atoms with E-state index in [1.807, 2.05) is 30.3 Å². The van der Waals surface area contributed by atoms with E-state index in [-0.39, 0.29) is 28.6 Å². The number of rotatable bonds is 12. The van der Waals surface area contributed by atoms with Crippen LogP contribution in [0.4, 0.5) is 10.1 Å². The van der Waals surface area contributed by atoms with Crippen LogP contribution in [0.15, 0.2) is 108 Å². The van der Waals surface area contributed by atoms with Gasteiger partial charge in [0.25, 0.3) is 10.0 Å². The van der Waals surface area contributed by atoms with Crippen molar-refractivity contribution in [2.45, 2.75) is 30.8 Å². The first kappa shape index (κ1) is 32.0. The second-order valence-corrected chi connectivity index (χ2v) is 12.3. The Morgan fingerprint density at radius 1 is 0.884 bits per heavy atom. The summed E-state index contributed by atoms with van der Waals surface area (Å²) in [6.45, 7) is 1.14. The summed E-state index contributed by atoms with van der Waals surface area (Å²) in [6, 6.07) is 25.6. The Morgan fingerprint density at radius 3 is 2.14 bits per heavy atom. The maximum Gasteiger partial charge on any atom is 0.264 e. The molecule has 0 fully saturated rings. The molecule has 0 aromatic heterocycles. The summed E-state index contributed by atoms with van der Waals surface area (Å²) in [7, 11) is -4.41. The van der Waals surface area contributed by atoms with Crippen molar-refractivity contribution >= 4 is 50.7 Å². The number of hydrogen-bond acceptors (Lipinski definition) is 4. The van der Waals surface area contributed by atoms with Crippen molar-refractivity contribution < 1.29 is 22.4 Å². The van der Waals surface area contributed by atoms with E-state index < -0.39 is 40.2 Å². The van der Waals surface area contributed by atoms with Crippen LogP contribution in [0.2, 0.25) is 10.0 Å². The molecule has 0 saturated carbocycles. The summed E-state index contributed by atoms with van der Waals surface area (Å²) < 4.78 is 43.6. The van der Waals surface area contributed by atoms with Crippen LogP contribution in [0.5, 0.6) is 0 Å². The predicted molar refractivity (Wildman–Crippen MR) is 167 cm³/mol. The average Bonchev–Trinajstić information content (AvgIpc) is 3.00. The summed E-state index contributed by atoms with van der Waals surface area (Å²) in [5.74, 6) is -2.00. The monoisotopic (exact) mass is 641 g/mol. The summed E-state index contributed by atoms with van der Waals surface area (Å²) in [6.07, 6.45) is 0.134. The molecule has 0 aliphatic carbocycles. The Bertz CT molecular complexity index is 1670. The number of carbonyl (C=O) groups excluding carboxylic acids is 2. The number of halogens is 3. The first-order valence-corrected chi connectivity index (χ1v) is 15.7. The lowest BCUT2D eigenvalue weighted by Crippen LogP contribution is -2.53. The minimum atomic E-state index is -4.41. The first-order chi connectivity index (χ1) is 20.6. The largest absolute Gasteiger partial charge is 0.355 e. The normalized spacial score (nSPS) is 11.9. The van der Waals surface area contributed by atoms with Crippen LogP contribution in [0.25, 0.3) is 0 Å². The Labute approximate surface area is 260 Å². The molecule has 4 aromatic rings. The summed E-state index contributed by atoms with van der Waals surface area (Å²) >= 11 is 12.6. The Balaban J connectivity index is 1.82. The van der Waals surface area contributed by atoms with E-state index in [9.17, 15) is 18.0 Å². The molecule has 0 aliphatic heterocycles. The second kappa shape index (κ2) is 14.5. The van der Waals surface area contributed by atoms with Gasteiger partial charge in [-0.2, -0.15) is 0 Å². The lowest BCUT2D eigenvalue weighted by molar-refractivity contribution is -0.140. The maximum atomic E-state index is 15.1. The number of benzene rings is 4. The molecule has 4 aromatic carbocycles. The molecule has 43 heavy (non-hydrogen) atoms.